The molecule has 0 radical (unpaired) electrons. The van der Waals surface area contributed by atoms with Gasteiger partial charge in [-0.15, -0.1) is 0 Å². The van der Waals surface area contributed by atoms with Crippen molar-refractivity contribution in [1.29, 1.82) is 0 Å². The van der Waals surface area contributed by atoms with Crippen LogP contribution >= 0.6 is 0 Å². The summed E-state index contributed by atoms with van der Waals surface area (Å²) in [5, 5.41) is 0. The Morgan fingerprint density at radius 1 is 0.571 bits per heavy atom. The summed E-state index contributed by atoms with van der Waals surface area (Å²) >= 11 is 0. The van der Waals surface area contributed by atoms with Gasteiger partial charge in [-0.25, -0.2) is 9.59 Å². The highest BCUT2D eigenvalue weighted by Gasteiger charge is 2.17. The van der Waals surface area contributed by atoms with E-state index < -0.39 is 11.9 Å². The lowest BCUT2D eigenvalue weighted by atomic mass is 10.0. The summed E-state index contributed by atoms with van der Waals surface area (Å²) in [5.41, 5.74) is 0. The number of rotatable bonds is 22. The molecule has 0 unspecified atom stereocenters. The summed E-state index contributed by atoms with van der Waals surface area (Å²) in [5.74, 6) is 0.667. The van der Waals surface area contributed by atoms with Gasteiger partial charge in [0.15, 0.2) is 0 Å². The molecule has 0 bridgehead atoms. The molecular weight excluding hydrogens is 440 g/mol. The van der Waals surface area contributed by atoms with Gasteiger partial charge in [0, 0.05) is 0 Å². The van der Waals surface area contributed by atoms with Crippen molar-refractivity contribution in [2.45, 2.75) is 130 Å². The van der Waals surface area contributed by atoms with Crippen molar-refractivity contribution in [3.8, 4) is 0 Å². The molecule has 0 saturated carbocycles. The smallest absolute Gasteiger partial charge is 0.374 e. The van der Waals surface area contributed by atoms with Crippen LogP contribution in [0.15, 0.2) is 16.5 Å². The minimum absolute atomic E-state index is 0.0552. The summed E-state index contributed by atoms with van der Waals surface area (Å²) in [6, 6.07) is 2.96. The molecule has 0 aromatic carbocycles. The SMILES string of the molecule is CC(C)CCCCCCCCCOC(=O)c1ccc(C(=O)OCCCCCCCCCC(C)C)o1. The van der Waals surface area contributed by atoms with Crippen LogP contribution in [0.4, 0.5) is 0 Å². The Kier molecular flexibility index (Phi) is 18.2. The first-order chi connectivity index (χ1) is 16.9. The average molecular weight is 493 g/mol. The quantitative estimate of drug-likeness (QED) is 0.119. The molecule has 0 amide bonds. The van der Waals surface area contributed by atoms with Gasteiger partial charge in [0.25, 0.3) is 0 Å². The lowest BCUT2D eigenvalue weighted by molar-refractivity contribution is 0.0426. The minimum Gasteiger partial charge on any atom is -0.460 e. The fourth-order valence-electron chi connectivity index (χ4n) is 4.11. The molecule has 0 aliphatic rings. The van der Waals surface area contributed by atoms with Crippen LogP contribution in [0.2, 0.25) is 0 Å². The maximum absolute atomic E-state index is 12.1. The monoisotopic (exact) mass is 492 g/mol. The van der Waals surface area contributed by atoms with E-state index in [9.17, 15) is 9.59 Å². The van der Waals surface area contributed by atoms with Crippen LogP contribution in [-0.2, 0) is 9.47 Å². The first kappa shape index (κ1) is 31.3. The average Bonchev–Trinajstić information content (AvgIpc) is 3.31. The highest BCUT2D eigenvalue weighted by atomic mass is 16.6. The summed E-state index contributed by atoms with van der Waals surface area (Å²) in [6.07, 6.45) is 19.2. The van der Waals surface area contributed by atoms with Gasteiger partial charge in [0.05, 0.1) is 13.2 Å². The standard InChI is InChI=1S/C30H52O5/c1-25(2)19-15-11-7-5-9-13-17-23-33-29(31)27-21-22-28(35-27)30(32)34-24-18-14-10-6-8-12-16-20-26(3)4/h21-22,25-26H,5-20,23-24H2,1-4H3. The molecule has 35 heavy (non-hydrogen) atoms. The number of hydrogen-bond donors (Lipinski definition) is 0. The van der Waals surface area contributed by atoms with E-state index in [4.69, 9.17) is 13.9 Å². The molecule has 0 aliphatic carbocycles. The topological polar surface area (TPSA) is 65.7 Å². The third-order valence-corrected chi connectivity index (χ3v) is 6.33. The van der Waals surface area contributed by atoms with Gasteiger partial charge >= 0.3 is 11.9 Å². The number of furan rings is 1. The molecule has 0 N–H and O–H groups in total. The van der Waals surface area contributed by atoms with E-state index in [1.54, 1.807) is 0 Å². The zero-order valence-corrected chi connectivity index (χ0v) is 23.1. The van der Waals surface area contributed by atoms with Gasteiger partial charge in [-0.2, -0.15) is 0 Å². The predicted octanol–water partition coefficient (Wildman–Crippen LogP) is 9.15. The Morgan fingerprint density at radius 3 is 1.23 bits per heavy atom. The van der Waals surface area contributed by atoms with Crippen molar-refractivity contribution >= 4 is 11.9 Å². The summed E-state index contributed by atoms with van der Waals surface area (Å²) in [7, 11) is 0. The van der Waals surface area contributed by atoms with E-state index in [1.807, 2.05) is 0 Å². The maximum Gasteiger partial charge on any atom is 0.374 e. The number of hydrogen-bond acceptors (Lipinski definition) is 5. The van der Waals surface area contributed by atoms with Crippen molar-refractivity contribution in [2.24, 2.45) is 11.8 Å². The molecule has 1 aromatic heterocycles. The fourth-order valence-corrected chi connectivity index (χ4v) is 4.11. The van der Waals surface area contributed by atoms with Crippen molar-refractivity contribution < 1.29 is 23.5 Å². The van der Waals surface area contributed by atoms with Crippen LogP contribution in [0.1, 0.15) is 152 Å². The Balaban J connectivity index is 2.03. The van der Waals surface area contributed by atoms with Crippen molar-refractivity contribution in [2.75, 3.05) is 13.2 Å². The van der Waals surface area contributed by atoms with E-state index in [0.717, 1.165) is 37.5 Å². The first-order valence-electron chi connectivity index (χ1n) is 14.3. The highest BCUT2D eigenvalue weighted by molar-refractivity contribution is 5.90. The number of unbranched alkanes of at least 4 members (excludes halogenated alkanes) is 12. The van der Waals surface area contributed by atoms with Crippen molar-refractivity contribution in [3.05, 3.63) is 23.7 Å². The Morgan fingerprint density at radius 2 is 0.886 bits per heavy atom. The molecule has 0 fully saturated rings. The largest absolute Gasteiger partial charge is 0.460 e. The Bertz CT molecular complexity index is 607. The summed E-state index contributed by atoms with van der Waals surface area (Å²) in [4.78, 5) is 24.3. The maximum atomic E-state index is 12.1. The molecule has 0 spiro atoms. The van der Waals surface area contributed by atoms with Crippen LogP contribution in [0.3, 0.4) is 0 Å². The molecule has 0 atom stereocenters. The van der Waals surface area contributed by atoms with E-state index in [2.05, 4.69) is 27.7 Å². The van der Waals surface area contributed by atoms with Crippen LogP contribution < -0.4 is 0 Å². The second kappa shape index (κ2) is 20.4. The number of carbonyl (C=O) groups is 2. The lowest BCUT2D eigenvalue weighted by Crippen LogP contribution is -2.07. The van der Waals surface area contributed by atoms with Gasteiger partial charge in [-0.1, -0.05) is 118 Å². The number of carbonyl (C=O) groups excluding carboxylic acids is 2. The lowest BCUT2D eigenvalue weighted by Gasteiger charge is -2.05. The number of ether oxygens (including phenoxy) is 2. The molecule has 5 nitrogen and oxygen atoms in total. The summed E-state index contributed by atoms with van der Waals surface area (Å²) in [6.45, 7) is 9.85. The summed E-state index contributed by atoms with van der Waals surface area (Å²) < 4.78 is 15.9. The van der Waals surface area contributed by atoms with Gasteiger partial charge in [-0.05, 0) is 36.8 Å². The van der Waals surface area contributed by atoms with E-state index >= 15 is 0 Å². The van der Waals surface area contributed by atoms with Crippen LogP contribution in [0.25, 0.3) is 0 Å². The van der Waals surface area contributed by atoms with E-state index in [-0.39, 0.29) is 11.5 Å². The van der Waals surface area contributed by atoms with E-state index in [1.165, 1.54) is 89.2 Å². The molecule has 1 heterocycles. The molecule has 1 rings (SSSR count). The van der Waals surface area contributed by atoms with E-state index in [0.29, 0.717) is 13.2 Å². The molecule has 1 aromatic rings. The fraction of sp³-hybridized carbons (Fsp3) is 0.800. The van der Waals surface area contributed by atoms with Gasteiger partial charge < -0.3 is 13.9 Å². The van der Waals surface area contributed by atoms with Crippen LogP contribution in [-0.4, -0.2) is 25.2 Å². The van der Waals surface area contributed by atoms with Gasteiger partial charge in [0.1, 0.15) is 0 Å². The normalized spacial score (nSPS) is 11.4. The minimum atomic E-state index is -0.522. The molecule has 0 aliphatic heterocycles. The van der Waals surface area contributed by atoms with Crippen LogP contribution in [0, 0.1) is 11.8 Å². The van der Waals surface area contributed by atoms with Crippen molar-refractivity contribution in [1.82, 2.24) is 0 Å². The van der Waals surface area contributed by atoms with Gasteiger partial charge in [0.2, 0.25) is 11.5 Å². The molecular formula is C30H52O5. The Hall–Kier alpha value is -1.78. The number of esters is 2. The first-order valence-corrected chi connectivity index (χ1v) is 14.3. The molecule has 5 heteroatoms. The third-order valence-electron chi connectivity index (χ3n) is 6.33. The highest BCUT2D eigenvalue weighted by Crippen LogP contribution is 2.15. The predicted molar refractivity (Wildman–Crippen MR) is 143 cm³/mol. The molecule has 202 valence electrons. The zero-order valence-electron chi connectivity index (χ0n) is 23.1. The van der Waals surface area contributed by atoms with Crippen molar-refractivity contribution in [3.63, 3.8) is 0 Å². The second-order valence-corrected chi connectivity index (χ2v) is 10.8. The third kappa shape index (κ3) is 17.3. The van der Waals surface area contributed by atoms with Gasteiger partial charge in [-0.3, -0.25) is 0 Å². The zero-order chi connectivity index (χ0) is 25.7. The van der Waals surface area contributed by atoms with Crippen LogP contribution in [0.5, 0.6) is 0 Å². The second-order valence-electron chi connectivity index (χ2n) is 10.8. The molecule has 0 saturated heterocycles. The Labute approximate surface area is 214 Å².